The second-order valence-electron chi connectivity index (χ2n) is 6.68. The van der Waals surface area contributed by atoms with Gasteiger partial charge >= 0.3 is 0 Å². The zero-order chi connectivity index (χ0) is 20.2. The number of aromatic nitrogens is 3. The van der Waals surface area contributed by atoms with Gasteiger partial charge in [-0.25, -0.2) is 9.97 Å². The minimum Gasteiger partial charge on any atom is -0.439 e. The molecule has 0 atom stereocenters. The quantitative estimate of drug-likeness (QED) is 0.530. The maximum Gasteiger partial charge on any atom is 0.255 e. The summed E-state index contributed by atoms with van der Waals surface area (Å²) in [5.41, 5.74) is 3.57. The summed E-state index contributed by atoms with van der Waals surface area (Å²) in [4.78, 5) is 20.8. The number of carbonyl (C=O) groups excluding carboxylic acids is 1. The van der Waals surface area contributed by atoms with Gasteiger partial charge in [-0.2, -0.15) is 0 Å². The zero-order valence-electron chi connectivity index (χ0n) is 16.2. The highest BCUT2D eigenvalue weighted by Gasteiger charge is 2.08. The van der Waals surface area contributed by atoms with E-state index >= 15 is 0 Å². The molecule has 0 radical (unpaired) electrons. The third kappa shape index (κ3) is 4.32. The van der Waals surface area contributed by atoms with Crippen LogP contribution in [-0.4, -0.2) is 20.4 Å². The molecule has 0 aliphatic heterocycles. The molecule has 0 aliphatic rings. The Labute approximate surface area is 168 Å². The Morgan fingerprint density at radius 1 is 0.931 bits per heavy atom. The van der Waals surface area contributed by atoms with E-state index in [1.54, 1.807) is 30.3 Å². The number of hydrogen-bond donors (Lipinski definition) is 1. The van der Waals surface area contributed by atoms with E-state index in [0.29, 0.717) is 22.9 Å². The molecule has 144 valence electrons. The lowest BCUT2D eigenvalue weighted by molar-refractivity contribution is 0.102. The first kappa shape index (κ1) is 18.4. The molecule has 0 spiro atoms. The van der Waals surface area contributed by atoms with Crippen LogP contribution < -0.4 is 10.1 Å². The largest absolute Gasteiger partial charge is 0.439 e. The van der Waals surface area contributed by atoms with Gasteiger partial charge in [-0.3, -0.25) is 4.79 Å². The summed E-state index contributed by atoms with van der Waals surface area (Å²) in [6.45, 7) is 4.02. The van der Waals surface area contributed by atoms with E-state index in [-0.39, 0.29) is 5.91 Å². The average molecular weight is 384 g/mol. The molecule has 2 aromatic heterocycles. The standard InChI is InChI=1S/C23H20N4O2/c1-16-5-6-18(13-17(16)2)23(28)26-19-7-9-20(10-8-19)29-22-14-21(24-15-25-22)27-11-3-4-12-27/h3-15H,1-2H3,(H,26,28). The van der Waals surface area contributed by atoms with E-state index in [4.69, 9.17) is 4.74 Å². The third-order valence-corrected chi connectivity index (χ3v) is 4.60. The molecule has 0 fully saturated rings. The summed E-state index contributed by atoms with van der Waals surface area (Å²) in [5, 5.41) is 2.90. The van der Waals surface area contributed by atoms with Crippen LogP contribution in [0, 0.1) is 13.8 Å². The number of nitrogens with one attached hydrogen (secondary N) is 1. The van der Waals surface area contributed by atoms with E-state index in [2.05, 4.69) is 15.3 Å². The van der Waals surface area contributed by atoms with Crippen molar-refractivity contribution in [3.8, 4) is 17.4 Å². The molecule has 2 heterocycles. The van der Waals surface area contributed by atoms with Gasteiger partial charge in [0.1, 0.15) is 17.9 Å². The minimum absolute atomic E-state index is 0.145. The number of hydrogen-bond acceptors (Lipinski definition) is 4. The molecule has 4 rings (SSSR count). The normalized spacial score (nSPS) is 10.6. The van der Waals surface area contributed by atoms with E-state index in [1.165, 1.54) is 6.33 Å². The average Bonchev–Trinajstić information content (AvgIpc) is 3.27. The first-order chi connectivity index (χ1) is 14.1. The Balaban J connectivity index is 1.43. The van der Waals surface area contributed by atoms with Gasteiger partial charge in [0.25, 0.3) is 5.91 Å². The van der Waals surface area contributed by atoms with E-state index in [9.17, 15) is 4.79 Å². The molecule has 2 aromatic carbocycles. The van der Waals surface area contributed by atoms with Crippen molar-refractivity contribution in [2.45, 2.75) is 13.8 Å². The highest BCUT2D eigenvalue weighted by molar-refractivity contribution is 6.04. The molecule has 4 aromatic rings. The maximum atomic E-state index is 12.4. The van der Waals surface area contributed by atoms with Crippen molar-refractivity contribution >= 4 is 11.6 Å². The van der Waals surface area contributed by atoms with Crippen LogP contribution in [0.2, 0.25) is 0 Å². The van der Waals surface area contributed by atoms with Gasteiger partial charge in [0.15, 0.2) is 0 Å². The summed E-state index contributed by atoms with van der Waals surface area (Å²) in [6.07, 6.45) is 5.26. The van der Waals surface area contributed by atoms with Crippen LogP contribution in [0.1, 0.15) is 21.5 Å². The summed E-state index contributed by atoms with van der Waals surface area (Å²) in [5.74, 6) is 1.63. The Hall–Kier alpha value is -3.93. The predicted molar refractivity (Wildman–Crippen MR) is 112 cm³/mol. The first-order valence-corrected chi connectivity index (χ1v) is 9.20. The maximum absolute atomic E-state index is 12.4. The van der Waals surface area contributed by atoms with Crippen molar-refractivity contribution in [2.24, 2.45) is 0 Å². The monoisotopic (exact) mass is 384 g/mol. The lowest BCUT2D eigenvalue weighted by atomic mass is 10.1. The minimum atomic E-state index is -0.145. The highest BCUT2D eigenvalue weighted by Crippen LogP contribution is 2.23. The summed E-state index contributed by atoms with van der Waals surface area (Å²) in [7, 11) is 0. The SMILES string of the molecule is Cc1ccc(C(=O)Nc2ccc(Oc3cc(-n4cccc4)ncn3)cc2)cc1C. The molecule has 0 saturated heterocycles. The van der Waals surface area contributed by atoms with Crippen LogP contribution in [0.15, 0.2) is 79.4 Å². The van der Waals surface area contributed by atoms with Gasteiger partial charge in [0.2, 0.25) is 5.88 Å². The number of anilines is 1. The van der Waals surface area contributed by atoms with Crippen molar-refractivity contribution in [1.82, 2.24) is 14.5 Å². The van der Waals surface area contributed by atoms with E-state index in [0.717, 1.165) is 16.9 Å². The molecule has 6 nitrogen and oxygen atoms in total. The third-order valence-electron chi connectivity index (χ3n) is 4.60. The summed E-state index contributed by atoms with van der Waals surface area (Å²) >= 11 is 0. The molecule has 6 heteroatoms. The van der Waals surface area contributed by atoms with Gasteiger partial charge in [0.05, 0.1) is 0 Å². The Bertz CT molecular complexity index is 1140. The van der Waals surface area contributed by atoms with Gasteiger partial charge in [-0.15, -0.1) is 0 Å². The van der Waals surface area contributed by atoms with Crippen molar-refractivity contribution in [2.75, 3.05) is 5.32 Å². The van der Waals surface area contributed by atoms with Gasteiger partial charge < -0.3 is 14.6 Å². The van der Waals surface area contributed by atoms with Crippen LogP contribution in [0.25, 0.3) is 5.82 Å². The molecule has 0 unspecified atom stereocenters. The summed E-state index contributed by atoms with van der Waals surface area (Å²) < 4.78 is 7.69. The lowest BCUT2D eigenvalue weighted by Crippen LogP contribution is -2.12. The second-order valence-corrected chi connectivity index (χ2v) is 6.68. The van der Waals surface area contributed by atoms with Crippen LogP contribution >= 0.6 is 0 Å². The highest BCUT2D eigenvalue weighted by atomic mass is 16.5. The number of carbonyl (C=O) groups is 1. The molecule has 1 amide bonds. The number of aryl methyl sites for hydroxylation is 2. The molecule has 0 aliphatic carbocycles. The van der Waals surface area contributed by atoms with E-state index < -0.39 is 0 Å². The van der Waals surface area contributed by atoms with E-state index in [1.807, 2.05) is 61.1 Å². The first-order valence-electron chi connectivity index (χ1n) is 9.20. The van der Waals surface area contributed by atoms with Crippen molar-refractivity contribution in [3.63, 3.8) is 0 Å². The van der Waals surface area contributed by atoms with Crippen LogP contribution in [0.5, 0.6) is 11.6 Å². The van der Waals surface area contributed by atoms with Gasteiger partial charge in [0, 0.05) is 29.7 Å². The van der Waals surface area contributed by atoms with Gasteiger partial charge in [-0.1, -0.05) is 6.07 Å². The van der Waals surface area contributed by atoms with Gasteiger partial charge in [-0.05, 0) is 73.5 Å². The molecule has 1 N–H and O–H groups in total. The number of ether oxygens (including phenoxy) is 1. The lowest BCUT2D eigenvalue weighted by Gasteiger charge is -2.09. The second kappa shape index (κ2) is 7.98. The smallest absolute Gasteiger partial charge is 0.255 e. The zero-order valence-corrected chi connectivity index (χ0v) is 16.2. The van der Waals surface area contributed by atoms with Crippen molar-refractivity contribution in [1.29, 1.82) is 0 Å². The fourth-order valence-electron chi connectivity index (χ4n) is 2.83. The topological polar surface area (TPSA) is 69.0 Å². The van der Waals surface area contributed by atoms with Crippen molar-refractivity contribution < 1.29 is 9.53 Å². The molecule has 0 saturated carbocycles. The number of rotatable bonds is 5. The van der Waals surface area contributed by atoms with Crippen molar-refractivity contribution in [3.05, 3.63) is 96.1 Å². The fourth-order valence-corrected chi connectivity index (χ4v) is 2.83. The molecule has 29 heavy (non-hydrogen) atoms. The fraction of sp³-hybridized carbons (Fsp3) is 0.0870. The van der Waals surface area contributed by atoms with Crippen LogP contribution in [0.4, 0.5) is 5.69 Å². The molecular weight excluding hydrogens is 364 g/mol. The Morgan fingerprint density at radius 3 is 2.41 bits per heavy atom. The van der Waals surface area contributed by atoms with Crippen LogP contribution in [-0.2, 0) is 0 Å². The molecular formula is C23H20N4O2. The Morgan fingerprint density at radius 2 is 1.69 bits per heavy atom. The number of amides is 1. The van der Waals surface area contributed by atoms with Crippen LogP contribution in [0.3, 0.4) is 0 Å². The predicted octanol–water partition coefficient (Wildman–Crippen LogP) is 4.93. The Kier molecular flexibility index (Phi) is 5.07. The summed E-state index contributed by atoms with van der Waals surface area (Å²) in [6, 6.07) is 18.4. The molecule has 0 bridgehead atoms. The number of nitrogens with zero attached hydrogens (tertiary/aromatic N) is 3. The number of benzene rings is 2.